The first kappa shape index (κ1) is 16.3. The molecule has 0 saturated carbocycles. The van der Waals surface area contributed by atoms with Crippen LogP contribution in [0.25, 0.3) is 0 Å². The van der Waals surface area contributed by atoms with Crippen LogP contribution in [0.4, 0.5) is 0 Å². The molecule has 0 atom stereocenters. The molecule has 0 N–H and O–H groups in total. The maximum Gasteiger partial charge on any atom is 0.339 e. The minimum absolute atomic E-state index is 0.173. The predicted octanol–water partition coefficient (Wildman–Crippen LogP) is 0.887. The lowest BCUT2D eigenvalue weighted by atomic mass is 10.1. The van der Waals surface area contributed by atoms with Crippen molar-refractivity contribution in [1.82, 2.24) is 0 Å². The third kappa shape index (κ3) is 7.63. The van der Waals surface area contributed by atoms with Gasteiger partial charge in [-0.15, -0.1) is 0 Å². The van der Waals surface area contributed by atoms with Crippen molar-refractivity contribution in [2.45, 2.75) is 44.9 Å². The Hall–Kier alpha value is -1.76. The van der Waals surface area contributed by atoms with Gasteiger partial charge in [0.05, 0.1) is 0 Å². The van der Waals surface area contributed by atoms with Gasteiger partial charge < -0.3 is 14.2 Å². The van der Waals surface area contributed by atoms with Gasteiger partial charge >= 0.3 is 23.9 Å². The van der Waals surface area contributed by atoms with E-state index in [0.29, 0.717) is 12.8 Å². The molecular formula is C13H18O7. The summed E-state index contributed by atoms with van der Waals surface area (Å²) in [6, 6.07) is 0. The minimum atomic E-state index is -0.860. The molecule has 0 aromatic heterocycles. The van der Waals surface area contributed by atoms with Crippen LogP contribution in [-0.4, -0.2) is 37.1 Å². The molecule has 0 aromatic rings. The van der Waals surface area contributed by atoms with Gasteiger partial charge in [-0.1, -0.05) is 19.3 Å². The molecule has 1 rings (SSSR count). The maximum atomic E-state index is 11.3. The van der Waals surface area contributed by atoms with Crippen LogP contribution in [-0.2, 0) is 33.4 Å². The van der Waals surface area contributed by atoms with Gasteiger partial charge in [-0.25, -0.2) is 9.59 Å². The van der Waals surface area contributed by atoms with E-state index in [1.807, 2.05) is 0 Å². The SMILES string of the molecule is O=C1CCCCCCCC(=O)OC(=O)COCC(=O)O1. The number of carbonyl (C=O) groups is 4. The molecule has 0 radical (unpaired) electrons. The highest BCUT2D eigenvalue weighted by molar-refractivity contribution is 5.87. The van der Waals surface area contributed by atoms with Crippen molar-refractivity contribution in [2.75, 3.05) is 13.2 Å². The highest BCUT2D eigenvalue weighted by atomic mass is 16.6. The monoisotopic (exact) mass is 286 g/mol. The van der Waals surface area contributed by atoms with Gasteiger partial charge in [-0.05, 0) is 12.8 Å². The average Bonchev–Trinajstić information content (AvgIpc) is 2.36. The fourth-order valence-corrected chi connectivity index (χ4v) is 1.70. The van der Waals surface area contributed by atoms with Crippen molar-refractivity contribution in [3.8, 4) is 0 Å². The van der Waals surface area contributed by atoms with E-state index >= 15 is 0 Å². The molecule has 7 heteroatoms. The number of rotatable bonds is 0. The molecule has 1 aliphatic rings. The van der Waals surface area contributed by atoms with Gasteiger partial charge in [0, 0.05) is 12.8 Å². The topological polar surface area (TPSA) is 96.0 Å². The molecule has 0 spiro atoms. The van der Waals surface area contributed by atoms with E-state index in [1.54, 1.807) is 0 Å². The molecular weight excluding hydrogens is 268 g/mol. The molecule has 1 aliphatic heterocycles. The zero-order valence-corrected chi connectivity index (χ0v) is 11.2. The summed E-state index contributed by atoms with van der Waals surface area (Å²) in [5.41, 5.74) is 0. The van der Waals surface area contributed by atoms with Crippen molar-refractivity contribution in [3.63, 3.8) is 0 Å². The molecule has 20 heavy (non-hydrogen) atoms. The Kier molecular flexibility index (Phi) is 7.49. The number of ether oxygens (including phenoxy) is 3. The van der Waals surface area contributed by atoms with Crippen LogP contribution < -0.4 is 0 Å². The number of hydrogen-bond donors (Lipinski definition) is 0. The summed E-state index contributed by atoms with van der Waals surface area (Å²) in [6.45, 7) is -1.07. The average molecular weight is 286 g/mol. The van der Waals surface area contributed by atoms with E-state index < -0.39 is 37.1 Å². The van der Waals surface area contributed by atoms with Crippen LogP contribution in [0.5, 0.6) is 0 Å². The molecule has 1 saturated heterocycles. The van der Waals surface area contributed by atoms with Crippen LogP contribution in [0.1, 0.15) is 44.9 Å². The Morgan fingerprint density at radius 2 is 0.950 bits per heavy atom. The predicted molar refractivity (Wildman–Crippen MR) is 65.3 cm³/mol. The first-order chi connectivity index (χ1) is 9.58. The van der Waals surface area contributed by atoms with E-state index in [1.165, 1.54) is 0 Å². The van der Waals surface area contributed by atoms with Gasteiger partial charge in [0.25, 0.3) is 0 Å². The summed E-state index contributed by atoms with van der Waals surface area (Å²) >= 11 is 0. The molecule has 0 amide bonds. The summed E-state index contributed by atoms with van der Waals surface area (Å²) in [7, 11) is 0. The van der Waals surface area contributed by atoms with E-state index in [2.05, 4.69) is 9.47 Å². The summed E-state index contributed by atoms with van der Waals surface area (Å²) in [6.07, 6.45) is 4.11. The molecule has 0 aromatic carbocycles. The van der Waals surface area contributed by atoms with E-state index in [-0.39, 0.29) is 12.8 Å². The molecule has 7 nitrogen and oxygen atoms in total. The zero-order chi connectivity index (χ0) is 14.8. The Balaban J connectivity index is 2.43. The molecule has 0 bridgehead atoms. The third-order valence-electron chi connectivity index (χ3n) is 2.66. The molecule has 0 aliphatic carbocycles. The van der Waals surface area contributed by atoms with Crippen molar-refractivity contribution in [1.29, 1.82) is 0 Å². The lowest BCUT2D eigenvalue weighted by Crippen LogP contribution is -2.22. The van der Waals surface area contributed by atoms with Crippen LogP contribution in [0.2, 0.25) is 0 Å². The highest BCUT2D eigenvalue weighted by Crippen LogP contribution is 2.09. The Morgan fingerprint density at radius 1 is 0.550 bits per heavy atom. The van der Waals surface area contributed by atoms with Crippen LogP contribution in [0, 0.1) is 0 Å². The summed E-state index contributed by atoms with van der Waals surface area (Å²) in [5.74, 6) is -2.91. The lowest BCUT2D eigenvalue weighted by Gasteiger charge is -2.06. The zero-order valence-electron chi connectivity index (χ0n) is 11.2. The summed E-state index contributed by atoms with van der Waals surface area (Å²) < 4.78 is 13.7. The second-order valence-corrected chi connectivity index (χ2v) is 4.45. The van der Waals surface area contributed by atoms with Crippen LogP contribution in [0.15, 0.2) is 0 Å². The fraction of sp³-hybridized carbons (Fsp3) is 0.692. The Labute approximate surface area is 116 Å². The largest absolute Gasteiger partial charge is 0.391 e. The first-order valence-corrected chi connectivity index (χ1v) is 6.62. The normalized spacial score (nSPS) is 21.2. The Bertz CT molecular complexity index is 341. The standard InChI is InChI=1S/C13H18O7/c14-10-6-4-2-1-3-5-7-11(15)20-13(17)9-18-8-12(16)19-10/h1-9H2. The van der Waals surface area contributed by atoms with Crippen molar-refractivity contribution in [3.05, 3.63) is 0 Å². The minimum Gasteiger partial charge on any atom is -0.391 e. The number of cyclic esters (lactones) is 4. The third-order valence-corrected chi connectivity index (χ3v) is 2.66. The Morgan fingerprint density at radius 3 is 1.40 bits per heavy atom. The second-order valence-electron chi connectivity index (χ2n) is 4.45. The maximum absolute atomic E-state index is 11.3. The van der Waals surface area contributed by atoms with E-state index in [9.17, 15) is 19.2 Å². The smallest absolute Gasteiger partial charge is 0.339 e. The summed E-state index contributed by atoms with van der Waals surface area (Å²) in [5, 5.41) is 0. The molecule has 0 unspecified atom stereocenters. The van der Waals surface area contributed by atoms with Crippen molar-refractivity contribution < 1.29 is 33.4 Å². The second kappa shape index (κ2) is 9.19. The van der Waals surface area contributed by atoms with Crippen molar-refractivity contribution >= 4 is 23.9 Å². The van der Waals surface area contributed by atoms with Gasteiger partial charge in [0.2, 0.25) is 0 Å². The number of hydrogen-bond acceptors (Lipinski definition) is 7. The number of carbonyl (C=O) groups excluding carboxylic acids is 4. The molecule has 1 fully saturated rings. The molecule has 112 valence electrons. The first-order valence-electron chi connectivity index (χ1n) is 6.62. The molecule has 1 heterocycles. The quantitative estimate of drug-likeness (QED) is 0.482. The number of esters is 4. The van der Waals surface area contributed by atoms with E-state index in [4.69, 9.17) is 4.74 Å². The van der Waals surface area contributed by atoms with Crippen LogP contribution >= 0.6 is 0 Å². The van der Waals surface area contributed by atoms with Crippen molar-refractivity contribution in [2.24, 2.45) is 0 Å². The van der Waals surface area contributed by atoms with E-state index in [0.717, 1.165) is 19.3 Å². The summed E-state index contributed by atoms with van der Waals surface area (Å²) in [4.78, 5) is 44.9. The fourth-order valence-electron chi connectivity index (χ4n) is 1.70. The van der Waals surface area contributed by atoms with Gasteiger partial charge in [-0.3, -0.25) is 9.59 Å². The highest BCUT2D eigenvalue weighted by Gasteiger charge is 2.14. The van der Waals surface area contributed by atoms with Gasteiger partial charge in [0.1, 0.15) is 13.2 Å². The van der Waals surface area contributed by atoms with Gasteiger partial charge in [0.15, 0.2) is 0 Å². The van der Waals surface area contributed by atoms with Crippen LogP contribution in [0.3, 0.4) is 0 Å². The van der Waals surface area contributed by atoms with Gasteiger partial charge in [-0.2, -0.15) is 0 Å². The lowest BCUT2D eigenvalue weighted by molar-refractivity contribution is -0.166.